The monoisotopic (exact) mass is 385 g/mol. The van der Waals surface area contributed by atoms with Crippen LogP contribution < -0.4 is 10.6 Å². The lowest BCUT2D eigenvalue weighted by atomic mass is 10.2. The van der Waals surface area contributed by atoms with E-state index in [0.29, 0.717) is 11.4 Å². The molecule has 2 N–H and O–H groups in total. The van der Waals surface area contributed by atoms with Gasteiger partial charge in [-0.1, -0.05) is 41.7 Å². The van der Waals surface area contributed by atoms with E-state index in [2.05, 4.69) is 21.7 Å². The Bertz CT molecular complexity index is 850. The third kappa shape index (κ3) is 4.89. The lowest BCUT2D eigenvalue weighted by Gasteiger charge is -2.17. The number of thioether (sulfide) groups is 2. The first-order valence-electron chi connectivity index (χ1n) is 8.16. The summed E-state index contributed by atoms with van der Waals surface area (Å²) in [6.45, 7) is 3.33. The summed E-state index contributed by atoms with van der Waals surface area (Å²) in [5, 5.41) is 5.33. The van der Waals surface area contributed by atoms with E-state index in [1.807, 2.05) is 25.1 Å². The number of amides is 2. The predicted octanol–water partition coefficient (Wildman–Crippen LogP) is 4.64. The van der Waals surface area contributed by atoms with Gasteiger partial charge in [-0.05, 0) is 42.8 Å². The lowest BCUT2D eigenvalue weighted by molar-refractivity contribution is -0.115. The number of carbonyl (C=O) groups is 2. The maximum atomic E-state index is 12.4. The van der Waals surface area contributed by atoms with Gasteiger partial charge >= 0.3 is 0 Å². The van der Waals surface area contributed by atoms with Crippen molar-refractivity contribution < 1.29 is 9.59 Å². The van der Waals surface area contributed by atoms with Crippen LogP contribution in [0.3, 0.4) is 0 Å². The molecule has 0 saturated carbocycles. The highest BCUT2D eigenvalue weighted by Gasteiger charge is 2.20. The molecule has 0 bridgehead atoms. The quantitative estimate of drug-likeness (QED) is 0.804. The smallest absolute Gasteiger partial charge is 0.237 e. The third-order valence-corrected chi connectivity index (χ3v) is 5.97. The van der Waals surface area contributed by atoms with Crippen molar-refractivity contribution in [1.29, 1.82) is 0 Å². The SMILES string of the molecule is CC(=O)Nc1ccc(NC(=O)[C@H](C)SC2=Nc3ccccc3CS2)cc1. The van der Waals surface area contributed by atoms with Crippen molar-refractivity contribution in [1.82, 2.24) is 0 Å². The van der Waals surface area contributed by atoms with Gasteiger partial charge in [-0.3, -0.25) is 9.59 Å². The Kier molecular flexibility index (Phi) is 6.00. The molecule has 26 heavy (non-hydrogen) atoms. The average Bonchev–Trinajstić information content (AvgIpc) is 2.62. The molecular formula is C19H19N3O2S2. The number of rotatable bonds is 4. The van der Waals surface area contributed by atoms with Gasteiger partial charge < -0.3 is 10.6 Å². The van der Waals surface area contributed by atoms with E-state index >= 15 is 0 Å². The number of hydrogen-bond acceptors (Lipinski definition) is 5. The maximum Gasteiger partial charge on any atom is 0.237 e. The van der Waals surface area contributed by atoms with Gasteiger partial charge in [-0.15, -0.1) is 0 Å². The number of benzene rings is 2. The fourth-order valence-corrected chi connectivity index (χ4v) is 4.55. The number of para-hydroxylation sites is 1. The minimum absolute atomic E-state index is 0.0792. The van der Waals surface area contributed by atoms with E-state index in [1.165, 1.54) is 24.2 Å². The molecule has 0 spiro atoms. The molecule has 1 aliphatic heterocycles. The summed E-state index contributed by atoms with van der Waals surface area (Å²) < 4.78 is 0.910. The minimum atomic E-state index is -0.262. The van der Waals surface area contributed by atoms with Gasteiger partial charge in [0.05, 0.1) is 10.9 Å². The Morgan fingerprint density at radius 1 is 1.08 bits per heavy atom. The molecule has 2 amide bonds. The second-order valence-corrected chi connectivity index (χ2v) is 8.35. The van der Waals surface area contributed by atoms with Crippen LogP contribution in [-0.4, -0.2) is 21.4 Å². The summed E-state index contributed by atoms with van der Waals surface area (Å²) >= 11 is 3.13. The molecule has 7 heteroatoms. The minimum Gasteiger partial charge on any atom is -0.326 e. The average molecular weight is 386 g/mol. The fourth-order valence-electron chi connectivity index (χ4n) is 2.36. The van der Waals surface area contributed by atoms with Gasteiger partial charge in [0.2, 0.25) is 11.8 Å². The molecule has 5 nitrogen and oxygen atoms in total. The van der Waals surface area contributed by atoms with E-state index in [4.69, 9.17) is 0 Å². The van der Waals surface area contributed by atoms with E-state index in [9.17, 15) is 9.59 Å². The fraction of sp³-hybridized carbons (Fsp3) is 0.211. The molecule has 0 radical (unpaired) electrons. The van der Waals surface area contributed by atoms with Crippen LogP contribution >= 0.6 is 23.5 Å². The van der Waals surface area contributed by atoms with Crippen molar-refractivity contribution in [3.8, 4) is 0 Å². The highest BCUT2D eigenvalue weighted by Crippen LogP contribution is 2.35. The molecule has 2 aromatic carbocycles. The Hall–Kier alpha value is -2.25. The van der Waals surface area contributed by atoms with Crippen molar-refractivity contribution in [3.05, 3.63) is 54.1 Å². The van der Waals surface area contributed by atoms with Crippen LogP contribution in [0.5, 0.6) is 0 Å². The number of anilines is 2. The lowest BCUT2D eigenvalue weighted by Crippen LogP contribution is -2.23. The van der Waals surface area contributed by atoms with Crippen LogP contribution in [0, 0.1) is 0 Å². The predicted molar refractivity (Wildman–Crippen MR) is 111 cm³/mol. The van der Waals surface area contributed by atoms with Gasteiger partial charge in [-0.25, -0.2) is 4.99 Å². The Morgan fingerprint density at radius 3 is 2.42 bits per heavy atom. The summed E-state index contributed by atoms with van der Waals surface area (Å²) in [5.74, 6) is 0.671. The van der Waals surface area contributed by atoms with Crippen LogP contribution in [0.2, 0.25) is 0 Å². The van der Waals surface area contributed by atoms with Crippen molar-refractivity contribution in [2.45, 2.75) is 24.9 Å². The van der Waals surface area contributed by atoms with Gasteiger partial charge in [0, 0.05) is 24.1 Å². The molecule has 0 aromatic heterocycles. The molecule has 1 aliphatic rings. The summed E-state index contributed by atoms with van der Waals surface area (Å²) in [6, 6.07) is 15.1. The summed E-state index contributed by atoms with van der Waals surface area (Å²) in [4.78, 5) is 28.1. The van der Waals surface area contributed by atoms with E-state index < -0.39 is 0 Å². The van der Waals surface area contributed by atoms with Gasteiger partial charge in [0.15, 0.2) is 0 Å². The van der Waals surface area contributed by atoms with Crippen molar-refractivity contribution in [3.63, 3.8) is 0 Å². The zero-order chi connectivity index (χ0) is 18.5. The second-order valence-electron chi connectivity index (χ2n) is 5.80. The second kappa shape index (κ2) is 8.42. The highest BCUT2D eigenvalue weighted by molar-refractivity contribution is 8.39. The molecule has 1 atom stereocenters. The molecule has 0 aliphatic carbocycles. The topological polar surface area (TPSA) is 70.6 Å². The molecule has 0 fully saturated rings. The van der Waals surface area contributed by atoms with Gasteiger partial charge in [0.1, 0.15) is 4.38 Å². The van der Waals surface area contributed by atoms with E-state index in [-0.39, 0.29) is 17.1 Å². The largest absolute Gasteiger partial charge is 0.326 e. The molecule has 134 valence electrons. The maximum absolute atomic E-state index is 12.4. The molecule has 0 unspecified atom stereocenters. The molecule has 1 heterocycles. The number of hydrogen-bond donors (Lipinski definition) is 2. The normalized spacial score (nSPS) is 14.0. The standard InChI is InChI=1S/C19H19N3O2S2/c1-12(26-19-22-17-6-4-3-5-14(17)11-25-19)18(24)21-16-9-7-15(8-10-16)20-13(2)23/h3-10,12H,11H2,1-2H3,(H,20,23)(H,21,24)/t12-/m0/s1. The van der Waals surface area contributed by atoms with Crippen molar-refractivity contribution in [2.24, 2.45) is 4.99 Å². The van der Waals surface area contributed by atoms with Crippen LogP contribution in [0.25, 0.3) is 0 Å². The summed E-state index contributed by atoms with van der Waals surface area (Å²) in [5.41, 5.74) is 3.60. The van der Waals surface area contributed by atoms with Crippen LogP contribution in [0.1, 0.15) is 19.4 Å². The Morgan fingerprint density at radius 2 is 1.73 bits per heavy atom. The first-order chi connectivity index (χ1) is 12.5. The zero-order valence-corrected chi connectivity index (χ0v) is 16.1. The molecule has 3 rings (SSSR count). The molecular weight excluding hydrogens is 366 g/mol. The van der Waals surface area contributed by atoms with Crippen molar-refractivity contribution in [2.75, 3.05) is 10.6 Å². The number of fused-ring (bicyclic) bond motifs is 1. The molecule has 0 saturated heterocycles. The molecule has 2 aromatic rings. The van der Waals surface area contributed by atoms with Gasteiger partial charge in [0.25, 0.3) is 0 Å². The Labute approximate surface area is 161 Å². The Balaban J connectivity index is 1.58. The van der Waals surface area contributed by atoms with Gasteiger partial charge in [-0.2, -0.15) is 0 Å². The van der Waals surface area contributed by atoms with Crippen LogP contribution in [0.15, 0.2) is 53.5 Å². The number of nitrogens with zero attached hydrogens (tertiary/aromatic N) is 1. The number of nitrogens with one attached hydrogen (secondary N) is 2. The first kappa shape index (κ1) is 18.5. The number of carbonyl (C=O) groups excluding carboxylic acids is 2. The van der Waals surface area contributed by atoms with E-state index in [1.54, 1.807) is 36.0 Å². The first-order valence-corrected chi connectivity index (χ1v) is 10.0. The van der Waals surface area contributed by atoms with Crippen LogP contribution in [0.4, 0.5) is 17.1 Å². The summed E-state index contributed by atoms with van der Waals surface area (Å²) in [7, 11) is 0. The zero-order valence-electron chi connectivity index (χ0n) is 14.5. The van der Waals surface area contributed by atoms with Crippen molar-refractivity contribution >= 4 is 56.8 Å². The third-order valence-electron chi connectivity index (χ3n) is 3.67. The van der Waals surface area contributed by atoms with Crippen LogP contribution in [-0.2, 0) is 15.3 Å². The summed E-state index contributed by atoms with van der Waals surface area (Å²) in [6.07, 6.45) is 0. The number of aliphatic imine (C=N–C) groups is 1. The highest BCUT2D eigenvalue weighted by atomic mass is 32.2. The van der Waals surface area contributed by atoms with E-state index in [0.717, 1.165) is 15.8 Å².